The Kier molecular flexibility index (Phi) is 3.50. The molecule has 0 radical (unpaired) electrons. The van der Waals surface area contributed by atoms with Crippen LogP contribution in [0.1, 0.15) is 21.7 Å². The first-order chi connectivity index (χ1) is 8.97. The summed E-state index contributed by atoms with van der Waals surface area (Å²) < 4.78 is 20.6. The van der Waals surface area contributed by atoms with Crippen LogP contribution in [0.5, 0.6) is 5.75 Å². The lowest BCUT2D eigenvalue weighted by Gasteiger charge is -2.07. The lowest BCUT2D eigenvalue weighted by atomic mass is 10.2. The van der Waals surface area contributed by atoms with Crippen LogP contribution in [-0.2, 0) is 13.7 Å². The van der Waals surface area contributed by atoms with E-state index in [2.05, 4.69) is 5.10 Å². The summed E-state index contributed by atoms with van der Waals surface area (Å²) in [5.41, 5.74) is 1.54. The van der Waals surface area contributed by atoms with E-state index in [1.54, 1.807) is 11.7 Å². The van der Waals surface area contributed by atoms with Crippen LogP contribution >= 0.6 is 0 Å². The summed E-state index contributed by atoms with van der Waals surface area (Å²) in [6.07, 6.45) is 0. The monoisotopic (exact) mass is 264 g/mol. The summed E-state index contributed by atoms with van der Waals surface area (Å²) in [4.78, 5) is 10.7. The number of aromatic carboxylic acids is 1. The highest BCUT2D eigenvalue weighted by Crippen LogP contribution is 2.19. The lowest BCUT2D eigenvalue weighted by Crippen LogP contribution is -2.04. The van der Waals surface area contributed by atoms with Crippen molar-refractivity contribution in [2.75, 3.05) is 0 Å². The van der Waals surface area contributed by atoms with Gasteiger partial charge < -0.3 is 9.84 Å². The molecule has 0 aliphatic heterocycles. The van der Waals surface area contributed by atoms with Crippen LogP contribution in [0, 0.1) is 12.7 Å². The molecule has 0 aliphatic carbocycles. The van der Waals surface area contributed by atoms with E-state index in [1.165, 1.54) is 12.1 Å². The molecule has 1 heterocycles. The van der Waals surface area contributed by atoms with Gasteiger partial charge in [-0.3, -0.25) is 4.68 Å². The van der Waals surface area contributed by atoms with Gasteiger partial charge in [0.15, 0.2) is 11.6 Å². The zero-order chi connectivity index (χ0) is 14.0. The normalized spacial score (nSPS) is 10.5. The van der Waals surface area contributed by atoms with Crippen LogP contribution in [0.3, 0.4) is 0 Å². The quantitative estimate of drug-likeness (QED) is 0.919. The molecule has 0 unspecified atom stereocenters. The maximum atomic E-state index is 13.6. The SMILES string of the molecule is Cc1cc(COc2ccc(C(=O)O)cc2F)n(C)n1. The molecule has 6 heteroatoms. The second-order valence-corrected chi connectivity index (χ2v) is 4.14. The van der Waals surface area contributed by atoms with E-state index in [0.717, 1.165) is 17.5 Å². The van der Waals surface area contributed by atoms with Gasteiger partial charge >= 0.3 is 5.97 Å². The maximum Gasteiger partial charge on any atom is 0.335 e. The first-order valence-corrected chi connectivity index (χ1v) is 5.62. The first kappa shape index (κ1) is 13.1. The average molecular weight is 264 g/mol. The third-order valence-corrected chi connectivity index (χ3v) is 2.65. The van der Waals surface area contributed by atoms with Crippen molar-refractivity contribution in [1.82, 2.24) is 9.78 Å². The van der Waals surface area contributed by atoms with Gasteiger partial charge in [0.2, 0.25) is 0 Å². The molecule has 0 bridgehead atoms. The highest BCUT2D eigenvalue weighted by Gasteiger charge is 2.10. The average Bonchev–Trinajstić information content (AvgIpc) is 2.66. The summed E-state index contributed by atoms with van der Waals surface area (Å²) in [5, 5.41) is 12.9. The molecule has 2 aromatic rings. The van der Waals surface area contributed by atoms with Crippen LogP contribution in [0.4, 0.5) is 4.39 Å². The predicted molar refractivity (Wildman–Crippen MR) is 65.6 cm³/mol. The molecule has 1 aromatic heterocycles. The smallest absolute Gasteiger partial charge is 0.335 e. The molecule has 0 spiro atoms. The van der Waals surface area contributed by atoms with E-state index >= 15 is 0 Å². The van der Waals surface area contributed by atoms with E-state index in [-0.39, 0.29) is 17.9 Å². The van der Waals surface area contributed by atoms with Gasteiger partial charge in [0.05, 0.1) is 17.0 Å². The Labute approximate surface area is 109 Å². The predicted octanol–water partition coefficient (Wildman–Crippen LogP) is 2.14. The number of halogens is 1. The molecule has 0 fully saturated rings. The highest BCUT2D eigenvalue weighted by atomic mass is 19.1. The molecule has 0 saturated heterocycles. The Morgan fingerprint density at radius 2 is 2.21 bits per heavy atom. The van der Waals surface area contributed by atoms with Gasteiger partial charge in [-0.25, -0.2) is 9.18 Å². The summed E-state index contributed by atoms with van der Waals surface area (Å²) >= 11 is 0. The van der Waals surface area contributed by atoms with Crippen molar-refractivity contribution in [2.24, 2.45) is 7.05 Å². The molecular formula is C13H13FN2O3. The number of aromatic nitrogens is 2. The number of carboxylic acids is 1. The largest absolute Gasteiger partial charge is 0.484 e. The Hall–Kier alpha value is -2.37. The van der Waals surface area contributed by atoms with Gasteiger partial charge in [-0.2, -0.15) is 5.10 Å². The van der Waals surface area contributed by atoms with Gasteiger partial charge in [-0.05, 0) is 31.2 Å². The minimum absolute atomic E-state index is 0.0175. The third kappa shape index (κ3) is 2.90. The fourth-order valence-corrected chi connectivity index (χ4v) is 1.70. The van der Waals surface area contributed by atoms with Gasteiger partial charge in [0.1, 0.15) is 6.61 Å². The molecule has 19 heavy (non-hydrogen) atoms. The summed E-state index contributed by atoms with van der Waals surface area (Å²) in [5.74, 6) is -1.85. The van der Waals surface area contributed by atoms with Crippen molar-refractivity contribution in [3.63, 3.8) is 0 Å². The van der Waals surface area contributed by atoms with Crippen molar-refractivity contribution >= 4 is 5.97 Å². The Bertz CT molecular complexity index is 622. The number of nitrogens with zero attached hydrogens (tertiary/aromatic N) is 2. The van der Waals surface area contributed by atoms with Gasteiger partial charge in [0.25, 0.3) is 0 Å². The zero-order valence-electron chi connectivity index (χ0n) is 10.6. The van der Waals surface area contributed by atoms with Crippen LogP contribution in [0.25, 0.3) is 0 Å². The molecule has 0 atom stereocenters. The van der Waals surface area contributed by atoms with Gasteiger partial charge in [-0.15, -0.1) is 0 Å². The second kappa shape index (κ2) is 5.09. The van der Waals surface area contributed by atoms with Crippen molar-refractivity contribution in [3.05, 3.63) is 47.0 Å². The zero-order valence-corrected chi connectivity index (χ0v) is 10.6. The number of benzene rings is 1. The van der Waals surface area contributed by atoms with Crippen molar-refractivity contribution in [1.29, 1.82) is 0 Å². The van der Waals surface area contributed by atoms with Crippen LogP contribution in [0.2, 0.25) is 0 Å². The van der Waals surface area contributed by atoms with Crippen molar-refractivity contribution in [3.8, 4) is 5.75 Å². The number of hydrogen-bond acceptors (Lipinski definition) is 3. The van der Waals surface area contributed by atoms with Crippen molar-refractivity contribution in [2.45, 2.75) is 13.5 Å². The first-order valence-electron chi connectivity index (χ1n) is 5.62. The summed E-state index contributed by atoms with van der Waals surface area (Å²) in [6, 6.07) is 5.38. The molecule has 1 aromatic carbocycles. The van der Waals surface area contributed by atoms with Gasteiger partial charge in [0, 0.05) is 7.05 Å². The second-order valence-electron chi connectivity index (χ2n) is 4.14. The molecular weight excluding hydrogens is 251 g/mol. The fourth-order valence-electron chi connectivity index (χ4n) is 1.70. The maximum absolute atomic E-state index is 13.6. The van der Waals surface area contributed by atoms with E-state index in [4.69, 9.17) is 9.84 Å². The molecule has 1 N–H and O–H groups in total. The number of carbonyl (C=O) groups is 1. The minimum Gasteiger partial charge on any atom is -0.484 e. The number of carboxylic acid groups (broad SMARTS) is 1. The van der Waals surface area contributed by atoms with E-state index in [1.807, 2.05) is 13.0 Å². The summed E-state index contributed by atoms with van der Waals surface area (Å²) in [6.45, 7) is 2.02. The Balaban J connectivity index is 2.12. The molecule has 2 rings (SSSR count). The molecule has 0 amide bonds. The fraction of sp³-hybridized carbons (Fsp3) is 0.231. The topological polar surface area (TPSA) is 64.3 Å². The molecule has 0 aliphatic rings. The Morgan fingerprint density at radius 3 is 2.74 bits per heavy atom. The van der Waals surface area contributed by atoms with E-state index in [9.17, 15) is 9.18 Å². The molecule has 5 nitrogen and oxygen atoms in total. The minimum atomic E-state index is -1.17. The van der Waals surface area contributed by atoms with Crippen LogP contribution in [0.15, 0.2) is 24.3 Å². The van der Waals surface area contributed by atoms with E-state index in [0.29, 0.717) is 0 Å². The highest BCUT2D eigenvalue weighted by molar-refractivity contribution is 5.87. The number of hydrogen-bond donors (Lipinski definition) is 1. The number of aryl methyl sites for hydroxylation is 2. The van der Waals surface area contributed by atoms with Gasteiger partial charge in [-0.1, -0.05) is 0 Å². The van der Waals surface area contributed by atoms with Crippen molar-refractivity contribution < 1.29 is 19.0 Å². The lowest BCUT2D eigenvalue weighted by molar-refractivity contribution is 0.0696. The van der Waals surface area contributed by atoms with Crippen LogP contribution < -0.4 is 4.74 Å². The molecule has 0 saturated carbocycles. The number of ether oxygens (including phenoxy) is 1. The summed E-state index contributed by atoms with van der Waals surface area (Å²) in [7, 11) is 1.77. The van der Waals surface area contributed by atoms with E-state index < -0.39 is 11.8 Å². The standard InChI is InChI=1S/C13H13FN2O3/c1-8-5-10(16(2)15-8)7-19-12-4-3-9(13(17)18)6-11(12)14/h3-6H,7H2,1-2H3,(H,17,18). The third-order valence-electron chi connectivity index (χ3n) is 2.65. The number of rotatable bonds is 4. The van der Waals surface area contributed by atoms with Crippen LogP contribution in [-0.4, -0.2) is 20.9 Å². The molecule has 100 valence electrons. The Morgan fingerprint density at radius 1 is 1.47 bits per heavy atom.